The number of anilines is 1. The van der Waals surface area contributed by atoms with Crippen molar-refractivity contribution in [2.45, 2.75) is 6.10 Å². The number of nitrogens with one attached hydrogen (secondary N) is 2. The van der Waals surface area contributed by atoms with Crippen LogP contribution in [0, 0.1) is 0 Å². The number of amides is 2. The molecule has 3 aromatic rings. The summed E-state index contributed by atoms with van der Waals surface area (Å²) in [4.78, 5) is 11.9. The molecule has 6 heteroatoms. The van der Waals surface area contributed by atoms with Gasteiger partial charge in [-0.3, -0.25) is 0 Å². The van der Waals surface area contributed by atoms with E-state index < -0.39 is 12.1 Å². The summed E-state index contributed by atoms with van der Waals surface area (Å²) in [6.07, 6.45) is 1.18. The zero-order valence-corrected chi connectivity index (χ0v) is 13.9. The first-order chi connectivity index (χ1) is 11.5. The van der Waals surface area contributed by atoms with Gasteiger partial charge in [-0.05, 0) is 41.3 Å². The van der Waals surface area contributed by atoms with E-state index in [9.17, 15) is 9.90 Å². The molecular weight excluding hydrogens is 326 g/mol. The zero-order valence-electron chi connectivity index (χ0n) is 13.2. The average Bonchev–Trinajstić information content (AvgIpc) is 2.95. The average molecular weight is 344 g/mol. The number of hydrogen-bond donors (Lipinski definition) is 3. The molecule has 3 N–H and O–H groups in total. The quantitative estimate of drug-likeness (QED) is 0.676. The van der Waals surface area contributed by atoms with Crippen molar-refractivity contribution in [3.05, 3.63) is 65.3 Å². The minimum absolute atomic E-state index is 0.106. The van der Waals surface area contributed by atoms with Crippen LogP contribution in [0.25, 0.3) is 10.9 Å². The third kappa shape index (κ3) is 3.53. The molecular formula is C18H18ClN3O2. The van der Waals surface area contributed by atoms with Gasteiger partial charge in [0.05, 0.1) is 16.8 Å². The van der Waals surface area contributed by atoms with E-state index in [1.807, 2.05) is 42.1 Å². The predicted molar refractivity (Wildman–Crippen MR) is 96.4 cm³/mol. The van der Waals surface area contributed by atoms with Gasteiger partial charge in [0.2, 0.25) is 0 Å². The molecule has 5 nitrogen and oxygen atoms in total. The first-order valence-corrected chi connectivity index (χ1v) is 7.95. The fourth-order valence-corrected chi connectivity index (χ4v) is 2.73. The van der Waals surface area contributed by atoms with Crippen LogP contribution in [0.2, 0.25) is 5.02 Å². The summed E-state index contributed by atoms with van der Waals surface area (Å²) in [6.45, 7) is 0.106. The van der Waals surface area contributed by atoms with Crippen LogP contribution in [0.4, 0.5) is 10.5 Å². The van der Waals surface area contributed by atoms with E-state index in [1.54, 1.807) is 24.3 Å². The molecule has 124 valence electrons. The molecule has 1 unspecified atom stereocenters. The first kappa shape index (κ1) is 16.4. The molecule has 0 spiro atoms. The molecule has 0 radical (unpaired) electrons. The highest BCUT2D eigenvalue weighted by atomic mass is 35.5. The van der Waals surface area contributed by atoms with Crippen LogP contribution in [0.1, 0.15) is 11.7 Å². The molecule has 0 aliphatic heterocycles. The minimum atomic E-state index is -0.786. The number of nitrogens with zero attached hydrogens (tertiary/aromatic N) is 1. The highest BCUT2D eigenvalue weighted by Crippen LogP contribution is 2.22. The number of para-hydroxylation sites is 1. The van der Waals surface area contributed by atoms with Crippen molar-refractivity contribution in [1.82, 2.24) is 9.88 Å². The Balaban J connectivity index is 1.60. The number of rotatable bonds is 4. The summed E-state index contributed by atoms with van der Waals surface area (Å²) in [5.41, 5.74) is 2.37. The third-order valence-corrected chi connectivity index (χ3v) is 4.20. The van der Waals surface area contributed by atoms with Crippen molar-refractivity contribution in [2.75, 3.05) is 11.9 Å². The molecule has 2 aromatic carbocycles. The first-order valence-electron chi connectivity index (χ1n) is 7.57. The molecule has 0 aliphatic rings. The second kappa shape index (κ2) is 6.95. The van der Waals surface area contributed by atoms with Gasteiger partial charge in [-0.25, -0.2) is 4.79 Å². The summed E-state index contributed by atoms with van der Waals surface area (Å²) in [6, 6.07) is 14.3. The number of fused-ring (bicyclic) bond motifs is 1. The number of aliphatic hydroxyl groups excluding tert-OH is 1. The van der Waals surface area contributed by atoms with Crippen LogP contribution < -0.4 is 10.6 Å². The molecule has 0 saturated carbocycles. The maximum absolute atomic E-state index is 11.9. The predicted octanol–water partition coefficient (Wildman–Crippen LogP) is 3.69. The lowest BCUT2D eigenvalue weighted by Crippen LogP contribution is -2.32. The third-order valence-electron chi connectivity index (χ3n) is 3.87. The van der Waals surface area contributed by atoms with Crippen molar-refractivity contribution >= 4 is 34.2 Å². The van der Waals surface area contributed by atoms with Crippen LogP contribution >= 0.6 is 11.6 Å². The number of urea groups is 1. The molecule has 1 heterocycles. The number of aryl methyl sites for hydroxylation is 1. The van der Waals surface area contributed by atoms with Crippen molar-refractivity contribution in [3.8, 4) is 0 Å². The lowest BCUT2D eigenvalue weighted by molar-refractivity contribution is 0.175. The van der Waals surface area contributed by atoms with E-state index in [0.29, 0.717) is 10.7 Å². The summed E-state index contributed by atoms with van der Waals surface area (Å²) >= 11 is 5.99. The number of carbonyl (C=O) groups is 1. The van der Waals surface area contributed by atoms with Gasteiger partial charge < -0.3 is 20.3 Å². The number of aromatic nitrogens is 1. The number of halogens is 1. The topological polar surface area (TPSA) is 66.3 Å². The van der Waals surface area contributed by atoms with Crippen molar-refractivity contribution < 1.29 is 9.90 Å². The molecule has 0 aliphatic carbocycles. The number of hydrogen-bond acceptors (Lipinski definition) is 2. The fourth-order valence-electron chi connectivity index (χ4n) is 2.54. The van der Waals surface area contributed by atoms with Gasteiger partial charge in [-0.2, -0.15) is 0 Å². The smallest absolute Gasteiger partial charge is 0.319 e. The Hall–Kier alpha value is -2.50. The second-order valence-corrected chi connectivity index (χ2v) is 5.98. The Kier molecular flexibility index (Phi) is 4.74. The second-order valence-electron chi connectivity index (χ2n) is 5.58. The molecule has 0 fully saturated rings. The SMILES string of the molecule is Cn1ccc2cc(C(O)CNC(=O)Nc3ccccc3Cl)ccc21. The molecule has 1 atom stereocenters. The monoisotopic (exact) mass is 343 g/mol. The van der Waals surface area contributed by atoms with E-state index in [1.165, 1.54) is 0 Å². The van der Waals surface area contributed by atoms with Gasteiger partial charge in [-0.1, -0.05) is 29.8 Å². The van der Waals surface area contributed by atoms with Crippen LogP contribution in [0.5, 0.6) is 0 Å². The van der Waals surface area contributed by atoms with E-state index in [2.05, 4.69) is 10.6 Å². The van der Waals surface area contributed by atoms with Gasteiger partial charge in [0, 0.05) is 25.3 Å². The molecule has 1 aromatic heterocycles. The largest absolute Gasteiger partial charge is 0.387 e. The van der Waals surface area contributed by atoms with Crippen LogP contribution in [-0.2, 0) is 7.05 Å². The maximum Gasteiger partial charge on any atom is 0.319 e. The number of aliphatic hydroxyl groups is 1. The summed E-state index contributed by atoms with van der Waals surface area (Å²) in [7, 11) is 1.97. The Labute approximate surface area is 144 Å². The van der Waals surface area contributed by atoms with Gasteiger partial charge in [0.1, 0.15) is 0 Å². The van der Waals surface area contributed by atoms with E-state index in [0.717, 1.165) is 16.5 Å². The lowest BCUT2D eigenvalue weighted by Gasteiger charge is -2.14. The lowest BCUT2D eigenvalue weighted by atomic mass is 10.1. The number of benzene rings is 2. The van der Waals surface area contributed by atoms with E-state index in [4.69, 9.17) is 11.6 Å². The highest BCUT2D eigenvalue weighted by molar-refractivity contribution is 6.33. The maximum atomic E-state index is 11.9. The molecule has 3 rings (SSSR count). The number of carbonyl (C=O) groups excluding carboxylic acids is 1. The van der Waals surface area contributed by atoms with Gasteiger partial charge in [-0.15, -0.1) is 0 Å². The Bertz CT molecular complexity index is 876. The van der Waals surface area contributed by atoms with Gasteiger partial charge >= 0.3 is 6.03 Å². The van der Waals surface area contributed by atoms with E-state index in [-0.39, 0.29) is 6.54 Å². The van der Waals surface area contributed by atoms with Crippen LogP contribution in [-0.4, -0.2) is 22.2 Å². The standard InChI is InChI=1S/C18H18ClN3O2/c1-22-9-8-12-10-13(6-7-16(12)22)17(23)11-20-18(24)21-15-5-3-2-4-14(15)19/h2-10,17,23H,11H2,1H3,(H2,20,21,24). The fraction of sp³-hybridized carbons (Fsp3) is 0.167. The summed E-state index contributed by atoms with van der Waals surface area (Å²) in [5.74, 6) is 0. The van der Waals surface area contributed by atoms with Crippen molar-refractivity contribution in [2.24, 2.45) is 7.05 Å². The normalized spacial score (nSPS) is 12.1. The van der Waals surface area contributed by atoms with E-state index >= 15 is 0 Å². The Morgan fingerprint density at radius 1 is 1.25 bits per heavy atom. The molecule has 24 heavy (non-hydrogen) atoms. The zero-order chi connectivity index (χ0) is 17.1. The molecule has 0 bridgehead atoms. The molecule has 2 amide bonds. The minimum Gasteiger partial charge on any atom is -0.387 e. The van der Waals surface area contributed by atoms with Crippen molar-refractivity contribution in [3.63, 3.8) is 0 Å². The highest BCUT2D eigenvalue weighted by Gasteiger charge is 2.11. The van der Waals surface area contributed by atoms with Crippen molar-refractivity contribution in [1.29, 1.82) is 0 Å². The van der Waals surface area contributed by atoms with Crippen LogP contribution in [0.3, 0.4) is 0 Å². The molecule has 0 saturated heterocycles. The Morgan fingerprint density at radius 3 is 2.83 bits per heavy atom. The Morgan fingerprint density at radius 2 is 2.04 bits per heavy atom. The van der Waals surface area contributed by atoms with Gasteiger partial charge in [0.15, 0.2) is 0 Å². The summed E-state index contributed by atoms with van der Waals surface area (Å²) in [5, 5.41) is 17.1. The summed E-state index contributed by atoms with van der Waals surface area (Å²) < 4.78 is 2.01. The van der Waals surface area contributed by atoms with Crippen LogP contribution in [0.15, 0.2) is 54.7 Å². The van der Waals surface area contributed by atoms with Gasteiger partial charge in [0.25, 0.3) is 0 Å².